The number of benzene rings is 2. The molecule has 1 atom stereocenters. The smallest absolute Gasteiger partial charge is 0.238 e. The molecule has 1 N–H and O–H groups in total. The van der Waals surface area contributed by atoms with E-state index in [0.29, 0.717) is 6.54 Å². The number of halogens is 1. The SMILES string of the molecule is Cc1cccc(Oc2ccc(CNC(=O)C(C)Cl)cc2)c1. The van der Waals surface area contributed by atoms with Crippen molar-refractivity contribution in [2.24, 2.45) is 0 Å². The number of ether oxygens (including phenoxy) is 1. The van der Waals surface area contributed by atoms with E-state index in [2.05, 4.69) is 5.32 Å². The molecule has 2 rings (SSSR count). The lowest BCUT2D eigenvalue weighted by Gasteiger charge is -2.09. The number of amides is 1. The second kappa shape index (κ2) is 7.14. The molecule has 21 heavy (non-hydrogen) atoms. The third-order valence-corrected chi connectivity index (χ3v) is 3.17. The second-order valence-electron chi connectivity index (χ2n) is 4.90. The van der Waals surface area contributed by atoms with Gasteiger partial charge in [0.2, 0.25) is 5.91 Å². The maximum Gasteiger partial charge on any atom is 0.238 e. The molecule has 2 aromatic carbocycles. The number of alkyl halides is 1. The van der Waals surface area contributed by atoms with E-state index in [-0.39, 0.29) is 5.91 Å². The Morgan fingerprint density at radius 2 is 1.90 bits per heavy atom. The van der Waals surface area contributed by atoms with E-state index in [1.54, 1.807) is 6.92 Å². The number of aryl methyl sites for hydroxylation is 1. The van der Waals surface area contributed by atoms with Crippen molar-refractivity contribution in [3.63, 3.8) is 0 Å². The van der Waals surface area contributed by atoms with Gasteiger partial charge in [0.15, 0.2) is 0 Å². The first-order valence-electron chi connectivity index (χ1n) is 6.80. The van der Waals surface area contributed by atoms with Gasteiger partial charge in [-0.1, -0.05) is 24.3 Å². The van der Waals surface area contributed by atoms with Gasteiger partial charge < -0.3 is 10.1 Å². The fourth-order valence-electron chi connectivity index (χ4n) is 1.82. The molecule has 0 fully saturated rings. The van der Waals surface area contributed by atoms with E-state index in [1.807, 2.05) is 55.5 Å². The number of nitrogens with one attached hydrogen (secondary N) is 1. The van der Waals surface area contributed by atoms with E-state index in [0.717, 1.165) is 22.6 Å². The zero-order chi connectivity index (χ0) is 15.2. The zero-order valence-corrected chi connectivity index (χ0v) is 12.9. The Balaban J connectivity index is 1.94. The van der Waals surface area contributed by atoms with E-state index in [9.17, 15) is 4.79 Å². The average molecular weight is 304 g/mol. The maximum atomic E-state index is 11.4. The van der Waals surface area contributed by atoms with E-state index in [4.69, 9.17) is 16.3 Å². The van der Waals surface area contributed by atoms with Crippen LogP contribution in [0.5, 0.6) is 11.5 Å². The molecule has 1 unspecified atom stereocenters. The Bertz CT molecular complexity index is 608. The molecule has 4 heteroatoms. The van der Waals surface area contributed by atoms with E-state index >= 15 is 0 Å². The van der Waals surface area contributed by atoms with Crippen molar-refractivity contribution in [1.29, 1.82) is 0 Å². The molecule has 0 saturated heterocycles. The highest BCUT2D eigenvalue weighted by Crippen LogP contribution is 2.22. The molecule has 2 aromatic rings. The van der Waals surface area contributed by atoms with E-state index < -0.39 is 5.38 Å². The third kappa shape index (κ3) is 4.80. The first-order valence-corrected chi connectivity index (χ1v) is 7.23. The third-order valence-electron chi connectivity index (χ3n) is 2.98. The highest BCUT2D eigenvalue weighted by molar-refractivity contribution is 6.30. The van der Waals surface area contributed by atoms with Gasteiger partial charge in [-0.3, -0.25) is 4.79 Å². The summed E-state index contributed by atoms with van der Waals surface area (Å²) in [6.07, 6.45) is 0. The molecule has 0 aliphatic heterocycles. The molecule has 0 radical (unpaired) electrons. The summed E-state index contributed by atoms with van der Waals surface area (Å²) in [4.78, 5) is 11.4. The van der Waals surface area contributed by atoms with Crippen LogP contribution in [-0.2, 0) is 11.3 Å². The molecule has 0 bridgehead atoms. The highest BCUT2D eigenvalue weighted by Gasteiger charge is 2.07. The Morgan fingerprint density at radius 1 is 1.19 bits per heavy atom. The monoisotopic (exact) mass is 303 g/mol. The zero-order valence-electron chi connectivity index (χ0n) is 12.1. The normalized spacial score (nSPS) is 11.8. The van der Waals surface area contributed by atoms with Gasteiger partial charge in [-0.25, -0.2) is 0 Å². The Hall–Kier alpha value is -2.00. The standard InChI is InChI=1S/C17H18ClNO2/c1-12-4-3-5-16(10-12)21-15-8-6-14(7-9-15)11-19-17(20)13(2)18/h3-10,13H,11H2,1-2H3,(H,19,20). The van der Waals surface area contributed by atoms with E-state index in [1.165, 1.54) is 0 Å². The molecule has 0 aromatic heterocycles. The first-order chi connectivity index (χ1) is 10.0. The average Bonchev–Trinajstić information content (AvgIpc) is 2.46. The van der Waals surface area contributed by atoms with Crippen molar-refractivity contribution in [2.45, 2.75) is 25.8 Å². The summed E-state index contributed by atoms with van der Waals surface area (Å²) in [7, 11) is 0. The minimum absolute atomic E-state index is 0.170. The van der Waals surface area contributed by atoms with Crippen molar-refractivity contribution < 1.29 is 9.53 Å². The summed E-state index contributed by atoms with van der Waals surface area (Å²) in [5.74, 6) is 1.41. The number of carbonyl (C=O) groups is 1. The molecular weight excluding hydrogens is 286 g/mol. The van der Waals surface area contributed by atoms with Crippen molar-refractivity contribution in [3.05, 3.63) is 59.7 Å². The van der Waals surface area contributed by atoms with Gasteiger partial charge in [-0.2, -0.15) is 0 Å². The van der Waals surface area contributed by atoms with Crippen LogP contribution in [0.15, 0.2) is 48.5 Å². The quantitative estimate of drug-likeness (QED) is 0.847. The van der Waals surface area contributed by atoms with Crippen molar-refractivity contribution in [2.75, 3.05) is 0 Å². The van der Waals surface area contributed by atoms with Gasteiger partial charge >= 0.3 is 0 Å². The summed E-state index contributed by atoms with van der Waals surface area (Å²) in [5.41, 5.74) is 2.15. The summed E-state index contributed by atoms with van der Waals surface area (Å²) in [5, 5.41) is 2.24. The predicted octanol–water partition coefficient (Wildman–Crippen LogP) is 4.03. The lowest BCUT2D eigenvalue weighted by Crippen LogP contribution is -2.28. The van der Waals surface area contributed by atoms with Crippen LogP contribution in [0.25, 0.3) is 0 Å². The molecule has 0 saturated carbocycles. The molecule has 0 aliphatic carbocycles. The molecule has 0 spiro atoms. The molecular formula is C17H18ClNO2. The topological polar surface area (TPSA) is 38.3 Å². The maximum absolute atomic E-state index is 11.4. The van der Waals surface area contributed by atoms with Crippen LogP contribution < -0.4 is 10.1 Å². The van der Waals surface area contributed by atoms with Gasteiger partial charge in [0.05, 0.1) is 0 Å². The largest absolute Gasteiger partial charge is 0.457 e. The van der Waals surface area contributed by atoms with Gasteiger partial charge in [0.25, 0.3) is 0 Å². The van der Waals surface area contributed by atoms with Crippen LogP contribution >= 0.6 is 11.6 Å². The number of rotatable bonds is 5. The van der Waals surface area contributed by atoms with Crippen LogP contribution in [-0.4, -0.2) is 11.3 Å². The number of hydrogen-bond donors (Lipinski definition) is 1. The summed E-state index contributed by atoms with van der Waals surface area (Å²) >= 11 is 5.69. The summed E-state index contributed by atoms with van der Waals surface area (Å²) in [6, 6.07) is 15.5. The second-order valence-corrected chi connectivity index (χ2v) is 5.55. The predicted molar refractivity (Wildman–Crippen MR) is 84.9 cm³/mol. The lowest BCUT2D eigenvalue weighted by molar-refractivity contribution is -0.120. The minimum Gasteiger partial charge on any atom is -0.457 e. The van der Waals surface area contributed by atoms with Crippen LogP contribution in [0.2, 0.25) is 0 Å². The summed E-state index contributed by atoms with van der Waals surface area (Å²) in [6.45, 7) is 4.13. The first kappa shape index (κ1) is 15.4. The lowest BCUT2D eigenvalue weighted by atomic mass is 10.2. The molecule has 0 heterocycles. The summed E-state index contributed by atoms with van der Waals surface area (Å²) < 4.78 is 5.77. The highest BCUT2D eigenvalue weighted by atomic mass is 35.5. The van der Waals surface area contributed by atoms with Crippen molar-refractivity contribution in [1.82, 2.24) is 5.32 Å². The fourth-order valence-corrected chi connectivity index (χ4v) is 1.90. The van der Waals surface area contributed by atoms with Gasteiger partial charge in [0, 0.05) is 6.54 Å². The Labute approximate surface area is 129 Å². The fraction of sp³-hybridized carbons (Fsp3) is 0.235. The van der Waals surface area contributed by atoms with Crippen molar-refractivity contribution in [3.8, 4) is 11.5 Å². The van der Waals surface area contributed by atoms with Gasteiger partial charge in [-0.15, -0.1) is 11.6 Å². The molecule has 1 amide bonds. The van der Waals surface area contributed by atoms with Crippen LogP contribution in [0.1, 0.15) is 18.1 Å². The molecule has 110 valence electrons. The number of carbonyl (C=O) groups excluding carboxylic acids is 1. The van der Waals surface area contributed by atoms with Gasteiger partial charge in [-0.05, 0) is 49.2 Å². The van der Waals surface area contributed by atoms with Crippen LogP contribution in [0.3, 0.4) is 0 Å². The Kier molecular flexibility index (Phi) is 5.23. The molecule has 0 aliphatic rings. The minimum atomic E-state index is -0.520. The van der Waals surface area contributed by atoms with Gasteiger partial charge in [0.1, 0.15) is 16.9 Å². The molecule has 3 nitrogen and oxygen atoms in total. The Morgan fingerprint density at radius 3 is 2.52 bits per heavy atom. The van der Waals surface area contributed by atoms with Crippen LogP contribution in [0, 0.1) is 6.92 Å². The number of hydrogen-bond acceptors (Lipinski definition) is 2. The van der Waals surface area contributed by atoms with Crippen LogP contribution in [0.4, 0.5) is 0 Å². The van der Waals surface area contributed by atoms with Crippen molar-refractivity contribution >= 4 is 17.5 Å².